The predicted octanol–water partition coefficient (Wildman–Crippen LogP) is 0.00150. The maximum atomic E-state index is 11.7. The molecule has 2 aromatic rings. The first kappa shape index (κ1) is 11.7. The van der Waals surface area contributed by atoms with Gasteiger partial charge in [0.25, 0.3) is 0 Å². The van der Waals surface area contributed by atoms with E-state index in [9.17, 15) is 13.2 Å². The zero-order valence-corrected chi connectivity index (χ0v) is 9.80. The number of oxazole rings is 1. The molecule has 0 aliphatic heterocycles. The van der Waals surface area contributed by atoms with Crippen LogP contribution in [0.4, 0.5) is 5.69 Å². The number of aromatic amines is 1. The third kappa shape index (κ3) is 2.04. The fourth-order valence-corrected chi connectivity index (χ4v) is 2.57. The minimum atomic E-state index is -3.62. The van der Waals surface area contributed by atoms with Gasteiger partial charge in [0, 0.05) is 12.6 Å². The quantitative estimate of drug-likeness (QED) is 0.669. The summed E-state index contributed by atoms with van der Waals surface area (Å²) in [7, 11) is -3.62. The Morgan fingerprint density at radius 2 is 2.18 bits per heavy atom. The van der Waals surface area contributed by atoms with Gasteiger partial charge >= 0.3 is 5.76 Å². The lowest BCUT2D eigenvalue weighted by Gasteiger charge is -2.05. The van der Waals surface area contributed by atoms with Gasteiger partial charge < -0.3 is 10.2 Å². The van der Waals surface area contributed by atoms with E-state index >= 15 is 0 Å². The van der Waals surface area contributed by atoms with Crippen LogP contribution < -0.4 is 16.2 Å². The molecule has 1 heterocycles. The Hall–Kier alpha value is -1.80. The van der Waals surface area contributed by atoms with Crippen molar-refractivity contribution in [1.82, 2.24) is 9.71 Å². The van der Waals surface area contributed by atoms with E-state index in [1.54, 1.807) is 6.92 Å². The maximum absolute atomic E-state index is 11.7. The summed E-state index contributed by atoms with van der Waals surface area (Å²) in [5.41, 5.74) is 6.20. The molecule has 0 unspecified atom stereocenters. The normalized spacial score (nSPS) is 12.1. The van der Waals surface area contributed by atoms with E-state index in [0.29, 0.717) is 5.52 Å². The Kier molecular flexibility index (Phi) is 2.68. The second kappa shape index (κ2) is 3.90. The number of anilines is 1. The highest BCUT2D eigenvalue weighted by Gasteiger charge is 2.16. The maximum Gasteiger partial charge on any atom is 0.417 e. The smallest absolute Gasteiger partial charge is 0.408 e. The van der Waals surface area contributed by atoms with E-state index in [2.05, 4.69) is 9.71 Å². The molecule has 0 aliphatic rings. The van der Waals surface area contributed by atoms with Gasteiger partial charge in [-0.2, -0.15) is 0 Å². The highest BCUT2D eigenvalue weighted by atomic mass is 32.2. The molecule has 2 rings (SSSR count). The van der Waals surface area contributed by atoms with Crippen molar-refractivity contribution in [1.29, 1.82) is 0 Å². The van der Waals surface area contributed by atoms with Crippen LogP contribution in [0.2, 0.25) is 0 Å². The molecule has 17 heavy (non-hydrogen) atoms. The molecule has 0 bridgehead atoms. The van der Waals surface area contributed by atoms with Crippen LogP contribution >= 0.6 is 0 Å². The molecule has 0 saturated carbocycles. The van der Waals surface area contributed by atoms with Crippen molar-refractivity contribution in [3.8, 4) is 0 Å². The number of sulfonamides is 1. The molecule has 0 saturated heterocycles. The number of aromatic nitrogens is 1. The number of rotatable bonds is 3. The fourth-order valence-electron chi connectivity index (χ4n) is 1.48. The molecule has 1 aromatic carbocycles. The minimum Gasteiger partial charge on any atom is -0.408 e. The Labute approximate surface area is 96.7 Å². The van der Waals surface area contributed by atoms with E-state index in [0.717, 1.165) is 0 Å². The first-order valence-corrected chi connectivity index (χ1v) is 6.34. The number of fused-ring (bicyclic) bond motifs is 1. The molecule has 0 spiro atoms. The number of H-pyrrole nitrogens is 1. The third-order valence-corrected chi connectivity index (χ3v) is 3.71. The fraction of sp³-hybridized carbons (Fsp3) is 0.222. The molecule has 8 heteroatoms. The largest absolute Gasteiger partial charge is 0.417 e. The standard InChI is InChI=1S/C9H11N3O4S/c1-2-11-17(14,15)5-3-6(10)8-7(4-5)16-9(13)12-8/h3-4,11H,2,10H2,1H3,(H,12,13). The highest BCUT2D eigenvalue weighted by Crippen LogP contribution is 2.22. The van der Waals surface area contributed by atoms with Crippen molar-refractivity contribution in [2.75, 3.05) is 12.3 Å². The Morgan fingerprint density at radius 1 is 1.47 bits per heavy atom. The predicted molar refractivity (Wildman–Crippen MR) is 62.1 cm³/mol. The average molecular weight is 257 g/mol. The lowest BCUT2D eigenvalue weighted by molar-refractivity contribution is 0.553. The number of benzene rings is 1. The SMILES string of the molecule is CCNS(=O)(=O)c1cc(N)c2[nH]c(=O)oc2c1. The Bertz CT molecular complexity index is 713. The minimum absolute atomic E-state index is 0.0351. The van der Waals surface area contributed by atoms with Crippen LogP contribution in [0.1, 0.15) is 6.92 Å². The topological polar surface area (TPSA) is 118 Å². The van der Waals surface area contributed by atoms with Gasteiger partial charge in [0.15, 0.2) is 5.58 Å². The van der Waals surface area contributed by atoms with E-state index in [-0.39, 0.29) is 22.7 Å². The van der Waals surface area contributed by atoms with Crippen molar-refractivity contribution in [2.24, 2.45) is 0 Å². The van der Waals surface area contributed by atoms with Crippen molar-refractivity contribution < 1.29 is 12.8 Å². The van der Waals surface area contributed by atoms with Crippen LogP contribution in [0.15, 0.2) is 26.2 Å². The summed E-state index contributed by atoms with van der Waals surface area (Å²) in [5.74, 6) is -0.676. The third-order valence-electron chi connectivity index (χ3n) is 2.18. The molecular weight excluding hydrogens is 246 g/mol. The number of nitrogens with one attached hydrogen (secondary N) is 2. The summed E-state index contributed by atoms with van der Waals surface area (Å²) in [5, 5.41) is 0. The van der Waals surface area contributed by atoms with Crippen LogP contribution in [0, 0.1) is 0 Å². The molecule has 92 valence electrons. The molecule has 0 radical (unpaired) electrons. The first-order chi connectivity index (χ1) is 7.94. The van der Waals surface area contributed by atoms with Gasteiger partial charge in [-0.1, -0.05) is 6.92 Å². The molecule has 1 aromatic heterocycles. The van der Waals surface area contributed by atoms with Gasteiger partial charge in [-0.15, -0.1) is 0 Å². The van der Waals surface area contributed by atoms with Crippen molar-refractivity contribution in [2.45, 2.75) is 11.8 Å². The summed E-state index contributed by atoms with van der Waals surface area (Å²) in [6.45, 7) is 1.92. The zero-order chi connectivity index (χ0) is 12.6. The van der Waals surface area contributed by atoms with Crippen LogP contribution in [-0.2, 0) is 10.0 Å². The number of nitrogens with two attached hydrogens (primary N) is 1. The number of hydrogen-bond donors (Lipinski definition) is 3. The van der Waals surface area contributed by atoms with Crippen LogP contribution in [0.25, 0.3) is 11.1 Å². The van der Waals surface area contributed by atoms with Crippen molar-refractivity contribution in [3.05, 3.63) is 22.7 Å². The monoisotopic (exact) mass is 257 g/mol. The summed E-state index contributed by atoms with van der Waals surface area (Å²) >= 11 is 0. The van der Waals surface area contributed by atoms with Gasteiger partial charge in [0.2, 0.25) is 10.0 Å². The molecule has 7 nitrogen and oxygen atoms in total. The summed E-state index contributed by atoms with van der Waals surface area (Å²) in [6.07, 6.45) is 0. The van der Waals surface area contributed by atoms with Crippen molar-refractivity contribution >= 4 is 26.8 Å². The van der Waals surface area contributed by atoms with Gasteiger partial charge in [-0.3, -0.25) is 4.98 Å². The summed E-state index contributed by atoms with van der Waals surface area (Å²) in [4.78, 5) is 13.3. The lowest BCUT2D eigenvalue weighted by atomic mass is 10.3. The number of hydrogen-bond acceptors (Lipinski definition) is 5. The van der Waals surface area contributed by atoms with Crippen molar-refractivity contribution in [3.63, 3.8) is 0 Å². The molecule has 0 amide bonds. The zero-order valence-electron chi connectivity index (χ0n) is 8.98. The highest BCUT2D eigenvalue weighted by molar-refractivity contribution is 7.89. The first-order valence-electron chi connectivity index (χ1n) is 4.86. The Morgan fingerprint density at radius 3 is 2.82 bits per heavy atom. The van der Waals surface area contributed by atoms with Gasteiger partial charge in [-0.05, 0) is 6.07 Å². The molecule has 4 N–H and O–H groups in total. The van der Waals surface area contributed by atoms with Gasteiger partial charge in [-0.25, -0.2) is 17.9 Å². The van der Waals surface area contributed by atoms with E-state index in [1.807, 2.05) is 0 Å². The van der Waals surface area contributed by atoms with Gasteiger partial charge in [0.1, 0.15) is 5.52 Å². The van der Waals surface area contributed by atoms with E-state index in [4.69, 9.17) is 10.2 Å². The summed E-state index contributed by atoms with van der Waals surface area (Å²) in [6, 6.07) is 2.52. The summed E-state index contributed by atoms with van der Waals surface area (Å²) < 4.78 is 30.6. The lowest BCUT2D eigenvalue weighted by Crippen LogP contribution is -2.23. The second-order valence-electron chi connectivity index (χ2n) is 3.40. The van der Waals surface area contributed by atoms with Crippen LogP contribution in [0.3, 0.4) is 0 Å². The second-order valence-corrected chi connectivity index (χ2v) is 5.17. The molecular formula is C9H11N3O4S. The van der Waals surface area contributed by atoms with Crippen LogP contribution in [0.5, 0.6) is 0 Å². The van der Waals surface area contributed by atoms with E-state index in [1.165, 1.54) is 12.1 Å². The molecule has 0 aliphatic carbocycles. The molecule has 0 fully saturated rings. The van der Waals surface area contributed by atoms with E-state index < -0.39 is 15.8 Å². The van der Waals surface area contributed by atoms with Crippen LogP contribution in [-0.4, -0.2) is 19.9 Å². The average Bonchev–Trinajstić information content (AvgIpc) is 2.59. The number of nitrogen functional groups attached to an aromatic ring is 1. The van der Waals surface area contributed by atoms with Gasteiger partial charge in [0.05, 0.1) is 10.6 Å². The Balaban J connectivity index is 2.69. The molecule has 0 atom stereocenters.